The molecule has 0 aliphatic carbocycles. The molecule has 1 rings (SSSR count). The molecule has 0 aliphatic rings. The van der Waals surface area contributed by atoms with E-state index in [2.05, 4.69) is 20.7 Å². The van der Waals surface area contributed by atoms with E-state index in [1.165, 1.54) is 0 Å². The predicted octanol–water partition coefficient (Wildman–Crippen LogP) is 3.00. The lowest BCUT2D eigenvalue weighted by Crippen LogP contribution is -2.41. The van der Waals surface area contributed by atoms with Crippen molar-refractivity contribution in [2.24, 2.45) is 5.41 Å². The van der Waals surface area contributed by atoms with Crippen LogP contribution in [0.15, 0.2) is 21.5 Å². The van der Waals surface area contributed by atoms with Crippen LogP contribution in [0, 0.1) is 11.2 Å². The molecule has 5 nitrogen and oxygen atoms in total. The highest BCUT2D eigenvalue weighted by Gasteiger charge is 2.30. The minimum absolute atomic E-state index is 0.171. The van der Waals surface area contributed by atoms with Gasteiger partial charge in [-0.15, -0.1) is 0 Å². The molecule has 0 saturated heterocycles. The Morgan fingerprint density at radius 1 is 1.38 bits per heavy atom. The van der Waals surface area contributed by atoms with E-state index in [-0.39, 0.29) is 9.89 Å². The normalized spacial score (nSPS) is 14.0. The summed E-state index contributed by atoms with van der Waals surface area (Å²) in [5, 5.41) is 8.92. The first-order valence-corrected chi connectivity index (χ1v) is 8.38. The van der Waals surface area contributed by atoms with Gasteiger partial charge in [-0.05, 0) is 24.5 Å². The van der Waals surface area contributed by atoms with Gasteiger partial charge in [0.15, 0.2) is 5.82 Å². The number of benzene rings is 1. The second-order valence-corrected chi connectivity index (χ2v) is 8.38. The van der Waals surface area contributed by atoms with Gasteiger partial charge in [0.1, 0.15) is 4.90 Å². The van der Waals surface area contributed by atoms with Crippen LogP contribution in [0.5, 0.6) is 0 Å². The van der Waals surface area contributed by atoms with Crippen molar-refractivity contribution in [1.82, 2.24) is 4.72 Å². The molecule has 1 aromatic rings. The quantitative estimate of drug-likeness (QED) is 0.839. The molecule has 1 atom stereocenters. The molecule has 0 aromatic heterocycles. The molecule has 0 spiro atoms. The van der Waals surface area contributed by atoms with Gasteiger partial charge in [0, 0.05) is 10.5 Å². The number of nitrogens with one attached hydrogen (secondary N) is 1. The zero-order valence-corrected chi connectivity index (χ0v) is 14.5. The van der Waals surface area contributed by atoms with Crippen LogP contribution in [0.2, 0.25) is 0 Å². The van der Waals surface area contributed by atoms with Gasteiger partial charge in [-0.1, -0.05) is 36.7 Å². The smallest absolute Gasteiger partial charge is 0.338 e. The van der Waals surface area contributed by atoms with E-state index in [0.29, 0.717) is 0 Å². The summed E-state index contributed by atoms with van der Waals surface area (Å²) in [7, 11) is -4.17. The average molecular weight is 382 g/mol. The SMILES string of the molecule is CC(NS(=O)(=O)c1cc(Br)cc(C(=O)O)c1F)C(C)(C)C. The van der Waals surface area contributed by atoms with E-state index in [1.807, 2.05) is 20.8 Å². The topological polar surface area (TPSA) is 83.5 Å². The number of carbonyl (C=O) groups is 1. The van der Waals surface area contributed by atoms with Gasteiger partial charge in [-0.2, -0.15) is 0 Å². The number of rotatable bonds is 4. The highest BCUT2D eigenvalue weighted by atomic mass is 79.9. The van der Waals surface area contributed by atoms with E-state index in [4.69, 9.17) is 5.11 Å². The van der Waals surface area contributed by atoms with Crippen molar-refractivity contribution < 1.29 is 22.7 Å². The Bertz CT molecular complexity index is 667. The largest absolute Gasteiger partial charge is 0.478 e. The van der Waals surface area contributed by atoms with Gasteiger partial charge in [0.05, 0.1) is 5.56 Å². The van der Waals surface area contributed by atoms with Crippen LogP contribution in [0.1, 0.15) is 38.1 Å². The van der Waals surface area contributed by atoms with Gasteiger partial charge in [-0.25, -0.2) is 22.3 Å². The summed E-state index contributed by atoms with van der Waals surface area (Å²) in [6.45, 7) is 7.16. The van der Waals surface area contributed by atoms with Crippen LogP contribution in [0.4, 0.5) is 4.39 Å². The molecule has 118 valence electrons. The van der Waals surface area contributed by atoms with E-state index >= 15 is 0 Å². The predicted molar refractivity (Wildman–Crippen MR) is 80.3 cm³/mol. The van der Waals surface area contributed by atoms with Crippen LogP contribution in [-0.2, 0) is 10.0 Å². The lowest BCUT2D eigenvalue weighted by atomic mass is 9.89. The minimum atomic E-state index is -4.17. The second kappa shape index (κ2) is 6.02. The molecule has 21 heavy (non-hydrogen) atoms. The monoisotopic (exact) mass is 381 g/mol. The first-order chi connectivity index (χ1) is 9.36. The third kappa shape index (κ3) is 4.24. The number of aromatic carboxylic acids is 1. The molecular weight excluding hydrogens is 365 g/mol. The molecule has 0 fully saturated rings. The van der Waals surface area contributed by atoms with Crippen molar-refractivity contribution in [3.8, 4) is 0 Å². The molecule has 0 heterocycles. The maximum atomic E-state index is 14.1. The van der Waals surface area contributed by atoms with Crippen molar-refractivity contribution in [2.45, 2.75) is 38.6 Å². The fourth-order valence-electron chi connectivity index (χ4n) is 1.39. The van der Waals surface area contributed by atoms with Crippen LogP contribution in [0.3, 0.4) is 0 Å². The summed E-state index contributed by atoms with van der Waals surface area (Å²) >= 11 is 2.99. The molecule has 0 radical (unpaired) electrons. The number of hydrogen-bond donors (Lipinski definition) is 2. The lowest BCUT2D eigenvalue weighted by molar-refractivity contribution is 0.0691. The van der Waals surface area contributed by atoms with Crippen molar-refractivity contribution >= 4 is 31.9 Å². The molecular formula is C13H17BrFNO4S. The summed E-state index contributed by atoms with van der Waals surface area (Å²) in [5.41, 5.74) is -1.07. The Balaban J connectivity index is 3.36. The van der Waals surface area contributed by atoms with Crippen molar-refractivity contribution in [3.05, 3.63) is 28.0 Å². The van der Waals surface area contributed by atoms with Crippen LogP contribution < -0.4 is 4.72 Å². The molecule has 1 aromatic carbocycles. The molecule has 2 N–H and O–H groups in total. The Labute approximate surface area is 131 Å². The van der Waals surface area contributed by atoms with Gasteiger partial charge >= 0.3 is 5.97 Å². The van der Waals surface area contributed by atoms with Gasteiger partial charge in [0.2, 0.25) is 10.0 Å². The van der Waals surface area contributed by atoms with E-state index in [9.17, 15) is 17.6 Å². The third-order valence-corrected chi connectivity index (χ3v) is 5.15. The molecule has 8 heteroatoms. The third-order valence-electron chi connectivity index (χ3n) is 3.15. The Kier molecular flexibility index (Phi) is 5.18. The summed E-state index contributed by atoms with van der Waals surface area (Å²) in [6, 6.07) is 1.60. The maximum absolute atomic E-state index is 14.1. The lowest BCUT2D eigenvalue weighted by Gasteiger charge is -2.28. The Hall–Kier alpha value is -0.990. The van der Waals surface area contributed by atoms with Crippen LogP contribution in [0.25, 0.3) is 0 Å². The summed E-state index contributed by atoms with van der Waals surface area (Å²) in [5.74, 6) is -2.81. The first kappa shape index (κ1) is 18.1. The minimum Gasteiger partial charge on any atom is -0.478 e. The average Bonchev–Trinajstić information content (AvgIpc) is 2.29. The highest BCUT2D eigenvalue weighted by molar-refractivity contribution is 9.10. The Morgan fingerprint density at radius 2 is 1.90 bits per heavy atom. The number of sulfonamides is 1. The van der Waals surface area contributed by atoms with Crippen molar-refractivity contribution in [1.29, 1.82) is 0 Å². The summed E-state index contributed by atoms with van der Waals surface area (Å²) in [4.78, 5) is 10.3. The number of hydrogen-bond acceptors (Lipinski definition) is 3. The maximum Gasteiger partial charge on any atom is 0.338 e. The number of halogens is 2. The number of carboxylic acids is 1. The van der Waals surface area contributed by atoms with Crippen LogP contribution >= 0.6 is 15.9 Å². The molecule has 1 unspecified atom stereocenters. The fourth-order valence-corrected chi connectivity index (χ4v) is 3.57. The fraction of sp³-hybridized carbons (Fsp3) is 0.462. The molecule has 0 saturated carbocycles. The van der Waals surface area contributed by atoms with Gasteiger partial charge < -0.3 is 5.11 Å². The van der Waals surface area contributed by atoms with E-state index < -0.39 is 38.3 Å². The standard InChI is InChI=1S/C13H17BrFNO4S/c1-7(13(2,3)4)16-21(19,20)10-6-8(14)5-9(11(10)15)12(17)18/h5-7,16H,1-4H3,(H,17,18). The zero-order valence-electron chi connectivity index (χ0n) is 12.1. The number of carboxylic acid groups (broad SMARTS) is 1. The van der Waals surface area contributed by atoms with Gasteiger partial charge in [-0.3, -0.25) is 0 Å². The van der Waals surface area contributed by atoms with Crippen molar-refractivity contribution in [3.63, 3.8) is 0 Å². The first-order valence-electron chi connectivity index (χ1n) is 6.11. The molecule has 0 amide bonds. The van der Waals surface area contributed by atoms with Crippen LogP contribution in [-0.4, -0.2) is 25.5 Å². The second-order valence-electron chi connectivity index (χ2n) is 5.78. The Morgan fingerprint density at radius 3 is 2.33 bits per heavy atom. The summed E-state index contributed by atoms with van der Waals surface area (Å²) in [6.07, 6.45) is 0. The highest BCUT2D eigenvalue weighted by Crippen LogP contribution is 2.26. The molecule has 0 bridgehead atoms. The van der Waals surface area contributed by atoms with Gasteiger partial charge in [0.25, 0.3) is 0 Å². The van der Waals surface area contributed by atoms with Crippen molar-refractivity contribution in [2.75, 3.05) is 0 Å². The van der Waals surface area contributed by atoms with E-state index in [1.54, 1.807) is 6.92 Å². The summed E-state index contributed by atoms with van der Waals surface area (Å²) < 4.78 is 41.2. The molecule has 0 aliphatic heterocycles. The zero-order chi connectivity index (χ0) is 16.6. The van der Waals surface area contributed by atoms with E-state index in [0.717, 1.165) is 12.1 Å².